The number of nitrogens with zero attached hydrogens (tertiary/aromatic N) is 1. The third kappa shape index (κ3) is 3.14. The Morgan fingerprint density at radius 1 is 0.833 bits per heavy atom. The van der Waals surface area contributed by atoms with Crippen molar-refractivity contribution < 1.29 is 35.9 Å². The summed E-state index contributed by atoms with van der Waals surface area (Å²) in [4.78, 5) is 21.2. The van der Waals surface area contributed by atoms with Crippen molar-refractivity contribution in [3.63, 3.8) is 0 Å². The summed E-state index contributed by atoms with van der Waals surface area (Å²) in [5.41, 5.74) is 0. The van der Waals surface area contributed by atoms with Gasteiger partial charge >= 0.3 is 24.2 Å². The van der Waals surface area contributed by atoms with Gasteiger partial charge in [-0.25, -0.2) is 0 Å². The van der Waals surface area contributed by atoms with Crippen molar-refractivity contribution in [3.05, 3.63) is 0 Å². The lowest BCUT2D eigenvalue weighted by Gasteiger charge is -2.28. The van der Waals surface area contributed by atoms with Crippen LogP contribution >= 0.6 is 0 Å². The second-order valence-corrected chi connectivity index (χ2v) is 3.91. The smallest absolute Gasteiger partial charge is 0.264 e. The first-order valence-corrected chi connectivity index (χ1v) is 5.06. The Labute approximate surface area is 97.7 Å². The van der Waals surface area contributed by atoms with Gasteiger partial charge in [0.1, 0.15) is 0 Å². The molecule has 1 aliphatic rings. The van der Waals surface area contributed by atoms with Crippen molar-refractivity contribution in [2.45, 2.75) is 44.1 Å². The average Bonchev–Trinajstić information content (AvgIpc) is 2.68. The molecule has 18 heavy (non-hydrogen) atoms. The van der Waals surface area contributed by atoms with Crippen LogP contribution in [0.5, 0.6) is 0 Å². The van der Waals surface area contributed by atoms with Gasteiger partial charge in [-0.2, -0.15) is 26.3 Å². The first kappa shape index (κ1) is 14.8. The van der Waals surface area contributed by atoms with E-state index in [0.717, 1.165) is 0 Å². The van der Waals surface area contributed by atoms with Crippen LogP contribution in [0.4, 0.5) is 26.3 Å². The standard InChI is InChI=1S/C9H9F6NO2/c10-8(11,12)6(17)16(5-3-1-2-4-5)7(18)9(13,14)15/h5H,1-4H2. The van der Waals surface area contributed by atoms with Crippen molar-refractivity contribution in [1.29, 1.82) is 0 Å². The molecule has 1 rings (SSSR count). The van der Waals surface area contributed by atoms with Gasteiger partial charge in [-0.15, -0.1) is 0 Å². The minimum Gasteiger partial charge on any atom is -0.264 e. The molecule has 1 saturated carbocycles. The van der Waals surface area contributed by atoms with Gasteiger partial charge in [-0.1, -0.05) is 12.8 Å². The third-order valence-corrected chi connectivity index (χ3v) is 2.61. The molecule has 0 radical (unpaired) electrons. The molecule has 9 heteroatoms. The normalized spacial score (nSPS) is 17.9. The van der Waals surface area contributed by atoms with E-state index in [0.29, 0.717) is 12.8 Å². The minimum absolute atomic E-state index is 0.0381. The van der Waals surface area contributed by atoms with E-state index in [4.69, 9.17) is 0 Å². The number of hydrogen-bond acceptors (Lipinski definition) is 2. The summed E-state index contributed by atoms with van der Waals surface area (Å²) in [6.07, 6.45) is -10.3. The lowest BCUT2D eigenvalue weighted by atomic mass is 10.2. The summed E-state index contributed by atoms with van der Waals surface area (Å²) in [7, 11) is 0. The molecule has 0 aromatic carbocycles. The maximum absolute atomic E-state index is 12.2. The molecule has 0 aromatic heterocycles. The summed E-state index contributed by atoms with van der Waals surface area (Å²) in [5, 5.41) is 0. The van der Waals surface area contributed by atoms with Crippen LogP contribution in [-0.4, -0.2) is 35.1 Å². The molecular formula is C9H9F6NO2. The van der Waals surface area contributed by atoms with Gasteiger partial charge in [0.05, 0.1) is 0 Å². The fourth-order valence-corrected chi connectivity index (χ4v) is 1.86. The fourth-order valence-electron chi connectivity index (χ4n) is 1.86. The molecule has 0 N–H and O–H groups in total. The molecular weight excluding hydrogens is 268 g/mol. The van der Waals surface area contributed by atoms with Crippen LogP contribution in [0.1, 0.15) is 25.7 Å². The van der Waals surface area contributed by atoms with Crippen LogP contribution < -0.4 is 0 Å². The second-order valence-electron chi connectivity index (χ2n) is 3.91. The fraction of sp³-hybridized carbons (Fsp3) is 0.778. The molecule has 104 valence electrons. The number of halogens is 6. The van der Waals surface area contributed by atoms with E-state index in [1.165, 1.54) is 0 Å². The quantitative estimate of drug-likeness (QED) is 0.690. The van der Waals surface area contributed by atoms with Crippen molar-refractivity contribution in [1.82, 2.24) is 4.90 Å². The summed E-state index contributed by atoms with van der Waals surface area (Å²) >= 11 is 0. The maximum atomic E-state index is 12.2. The number of carbonyl (C=O) groups excluding carboxylic acids is 2. The SMILES string of the molecule is O=C(N(C(=O)C(F)(F)F)C1CCCC1)C(F)(F)F. The Kier molecular flexibility index (Phi) is 3.92. The molecule has 0 atom stereocenters. The number of imide groups is 1. The number of alkyl halides is 6. The molecule has 1 aliphatic carbocycles. The Hall–Kier alpha value is -1.28. The molecule has 3 nitrogen and oxygen atoms in total. The highest BCUT2D eigenvalue weighted by molar-refractivity contribution is 6.00. The lowest BCUT2D eigenvalue weighted by Crippen LogP contribution is -2.54. The zero-order valence-corrected chi connectivity index (χ0v) is 8.94. The van der Waals surface area contributed by atoms with E-state index in [2.05, 4.69) is 0 Å². The number of rotatable bonds is 1. The van der Waals surface area contributed by atoms with Crippen LogP contribution in [0, 0.1) is 0 Å². The zero-order chi connectivity index (χ0) is 14.1. The predicted octanol–water partition coefficient (Wildman–Crippen LogP) is 2.41. The molecule has 0 aromatic rings. The van der Waals surface area contributed by atoms with Gasteiger partial charge in [0.2, 0.25) is 0 Å². The van der Waals surface area contributed by atoms with Crippen molar-refractivity contribution in [3.8, 4) is 0 Å². The Balaban J connectivity index is 3.03. The highest BCUT2D eigenvalue weighted by atomic mass is 19.4. The van der Waals surface area contributed by atoms with Gasteiger partial charge in [-0.05, 0) is 12.8 Å². The summed E-state index contributed by atoms with van der Waals surface area (Å²) in [6.45, 7) is 0. The molecule has 0 bridgehead atoms. The van der Waals surface area contributed by atoms with Gasteiger partial charge in [0.15, 0.2) is 0 Å². The third-order valence-electron chi connectivity index (χ3n) is 2.61. The average molecular weight is 277 g/mol. The molecule has 1 fully saturated rings. The molecule has 0 spiro atoms. The number of amides is 2. The number of hydrogen-bond donors (Lipinski definition) is 0. The summed E-state index contributed by atoms with van der Waals surface area (Å²) in [6, 6.07) is -1.33. The highest BCUT2D eigenvalue weighted by Crippen LogP contribution is 2.31. The Bertz CT molecular complexity index is 316. The first-order valence-electron chi connectivity index (χ1n) is 5.06. The van der Waals surface area contributed by atoms with E-state index in [1.54, 1.807) is 0 Å². The topological polar surface area (TPSA) is 37.4 Å². The Morgan fingerprint density at radius 3 is 1.44 bits per heavy atom. The zero-order valence-electron chi connectivity index (χ0n) is 8.94. The van der Waals surface area contributed by atoms with Gasteiger partial charge < -0.3 is 0 Å². The van der Waals surface area contributed by atoms with E-state index >= 15 is 0 Å². The van der Waals surface area contributed by atoms with E-state index < -0.39 is 35.1 Å². The van der Waals surface area contributed by atoms with Crippen LogP contribution in [-0.2, 0) is 9.59 Å². The maximum Gasteiger partial charge on any atom is 0.471 e. The van der Waals surface area contributed by atoms with Crippen LogP contribution in [0.15, 0.2) is 0 Å². The first-order chi connectivity index (χ1) is 8.05. The second kappa shape index (κ2) is 4.77. The molecule has 0 unspecified atom stereocenters. The van der Waals surface area contributed by atoms with Gasteiger partial charge in [0.25, 0.3) is 0 Å². The van der Waals surface area contributed by atoms with Crippen LogP contribution in [0.25, 0.3) is 0 Å². The molecule has 2 amide bonds. The van der Waals surface area contributed by atoms with Crippen molar-refractivity contribution >= 4 is 11.8 Å². The monoisotopic (exact) mass is 277 g/mol. The Morgan fingerprint density at radius 2 is 1.17 bits per heavy atom. The van der Waals surface area contributed by atoms with Crippen LogP contribution in [0.3, 0.4) is 0 Å². The van der Waals surface area contributed by atoms with Gasteiger partial charge in [-0.3, -0.25) is 14.5 Å². The molecule has 0 aliphatic heterocycles. The largest absolute Gasteiger partial charge is 0.471 e. The van der Waals surface area contributed by atoms with E-state index in [-0.39, 0.29) is 12.8 Å². The summed E-state index contributed by atoms with van der Waals surface area (Å²) in [5.74, 6) is -5.51. The van der Waals surface area contributed by atoms with Crippen molar-refractivity contribution in [2.75, 3.05) is 0 Å². The highest BCUT2D eigenvalue weighted by Gasteiger charge is 2.54. The van der Waals surface area contributed by atoms with E-state index in [9.17, 15) is 35.9 Å². The molecule has 0 saturated heterocycles. The van der Waals surface area contributed by atoms with Crippen LogP contribution in [0.2, 0.25) is 0 Å². The predicted molar refractivity (Wildman–Crippen MR) is 46.2 cm³/mol. The lowest BCUT2D eigenvalue weighted by molar-refractivity contribution is -0.206. The minimum atomic E-state index is -5.50. The van der Waals surface area contributed by atoms with Gasteiger partial charge in [0, 0.05) is 6.04 Å². The van der Waals surface area contributed by atoms with Crippen molar-refractivity contribution in [2.24, 2.45) is 0 Å². The molecule has 0 heterocycles. The number of carbonyl (C=O) groups is 2. The van der Waals surface area contributed by atoms with E-state index in [1.807, 2.05) is 0 Å². The summed E-state index contributed by atoms with van der Waals surface area (Å²) < 4.78 is 73.1.